The van der Waals surface area contributed by atoms with Crippen LogP contribution in [0.15, 0.2) is 18.3 Å². The fourth-order valence-electron chi connectivity index (χ4n) is 1.45. The number of hydrogen-bond acceptors (Lipinski definition) is 3. The molecule has 0 N–H and O–H groups in total. The SMILES string of the molecule is CCc1c(C#N)ccc2cnsc12. The second-order valence-corrected chi connectivity index (χ2v) is 3.60. The van der Waals surface area contributed by atoms with Crippen molar-refractivity contribution in [3.63, 3.8) is 0 Å². The molecule has 2 nitrogen and oxygen atoms in total. The van der Waals surface area contributed by atoms with Crippen molar-refractivity contribution in [2.24, 2.45) is 0 Å². The molecule has 0 amide bonds. The van der Waals surface area contributed by atoms with Crippen molar-refractivity contribution in [3.8, 4) is 6.07 Å². The Bertz CT molecular complexity index is 479. The van der Waals surface area contributed by atoms with Crippen LogP contribution in [-0.4, -0.2) is 4.37 Å². The van der Waals surface area contributed by atoms with Crippen LogP contribution in [0.2, 0.25) is 0 Å². The van der Waals surface area contributed by atoms with Crippen molar-refractivity contribution in [2.45, 2.75) is 13.3 Å². The molecule has 0 saturated heterocycles. The largest absolute Gasteiger partial charge is 0.200 e. The number of nitrogens with zero attached hydrogens (tertiary/aromatic N) is 2. The molecule has 2 rings (SSSR count). The number of fused-ring (bicyclic) bond motifs is 1. The highest BCUT2D eigenvalue weighted by Gasteiger charge is 2.06. The number of hydrogen-bond donors (Lipinski definition) is 0. The first-order valence-electron chi connectivity index (χ1n) is 4.13. The van der Waals surface area contributed by atoms with Crippen molar-refractivity contribution in [1.82, 2.24) is 4.37 Å². The molecule has 0 fully saturated rings. The van der Waals surface area contributed by atoms with Crippen molar-refractivity contribution >= 4 is 21.6 Å². The summed E-state index contributed by atoms with van der Waals surface area (Å²) < 4.78 is 5.27. The fourth-order valence-corrected chi connectivity index (χ4v) is 2.31. The summed E-state index contributed by atoms with van der Waals surface area (Å²) in [6, 6.07) is 6.03. The Kier molecular flexibility index (Phi) is 1.99. The zero-order valence-corrected chi connectivity index (χ0v) is 8.06. The van der Waals surface area contributed by atoms with E-state index in [0.717, 1.165) is 27.6 Å². The third-order valence-electron chi connectivity index (χ3n) is 2.10. The van der Waals surface area contributed by atoms with Gasteiger partial charge in [-0.1, -0.05) is 13.0 Å². The minimum absolute atomic E-state index is 0.777. The summed E-state index contributed by atoms with van der Waals surface area (Å²) in [6.07, 6.45) is 2.74. The standard InChI is InChI=1S/C10H8N2S/c1-2-9-7(5-11)3-4-8-6-12-13-10(8)9/h3-4,6H,2H2,1H3. The Labute approximate surface area is 80.6 Å². The second kappa shape index (κ2) is 3.15. The van der Waals surface area contributed by atoms with Crippen LogP contribution in [0.25, 0.3) is 10.1 Å². The van der Waals surface area contributed by atoms with Gasteiger partial charge in [-0.25, -0.2) is 0 Å². The van der Waals surface area contributed by atoms with E-state index in [-0.39, 0.29) is 0 Å². The van der Waals surface area contributed by atoms with Gasteiger partial charge in [0.1, 0.15) is 0 Å². The molecule has 2 aromatic rings. The van der Waals surface area contributed by atoms with Gasteiger partial charge in [0, 0.05) is 11.6 Å². The fraction of sp³-hybridized carbons (Fsp3) is 0.200. The van der Waals surface area contributed by atoms with Crippen LogP contribution in [0, 0.1) is 11.3 Å². The van der Waals surface area contributed by atoms with Crippen LogP contribution in [0.1, 0.15) is 18.1 Å². The predicted molar refractivity (Wildman–Crippen MR) is 53.7 cm³/mol. The van der Waals surface area contributed by atoms with Crippen molar-refractivity contribution in [1.29, 1.82) is 5.26 Å². The van der Waals surface area contributed by atoms with Gasteiger partial charge in [0.15, 0.2) is 0 Å². The molecule has 0 aliphatic heterocycles. The summed E-state index contributed by atoms with van der Waals surface area (Å²) in [5.74, 6) is 0. The van der Waals surface area contributed by atoms with E-state index in [2.05, 4.69) is 17.4 Å². The average molecular weight is 188 g/mol. The maximum absolute atomic E-state index is 8.88. The first-order chi connectivity index (χ1) is 6.36. The van der Waals surface area contributed by atoms with Crippen LogP contribution in [0.3, 0.4) is 0 Å². The molecule has 0 radical (unpaired) electrons. The maximum atomic E-state index is 8.88. The Balaban J connectivity index is 2.84. The van der Waals surface area contributed by atoms with Gasteiger partial charge in [-0.05, 0) is 29.6 Å². The highest BCUT2D eigenvalue weighted by atomic mass is 32.1. The van der Waals surface area contributed by atoms with E-state index in [9.17, 15) is 0 Å². The molecular weight excluding hydrogens is 180 g/mol. The predicted octanol–water partition coefficient (Wildman–Crippen LogP) is 2.73. The minimum Gasteiger partial charge on any atom is -0.200 e. The molecule has 64 valence electrons. The maximum Gasteiger partial charge on any atom is 0.0995 e. The first-order valence-corrected chi connectivity index (χ1v) is 4.90. The summed E-state index contributed by atoms with van der Waals surface area (Å²) >= 11 is 1.47. The van der Waals surface area contributed by atoms with E-state index in [4.69, 9.17) is 5.26 Å². The summed E-state index contributed by atoms with van der Waals surface area (Å²) in [6.45, 7) is 2.06. The van der Waals surface area contributed by atoms with E-state index in [1.807, 2.05) is 18.3 Å². The lowest BCUT2D eigenvalue weighted by molar-refractivity contribution is 1.15. The van der Waals surface area contributed by atoms with Crippen molar-refractivity contribution in [2.75, 3.05) is 0 Å². The van der Waals surface area contributed by atoms with Crippen LogP contribution in [-0.2, 0) is 6.42 Å². The average Bonchev–Trinajstić information content (AvgIpc) is 2.63. The highest BCUT2D eigenvalue weighted by molar-refractivity contribution is 7.13. The van der Waals surface area contributed by atoms with E-state index >= 15 is 0 Å². The Hall–Kier alpha value is -1.40. The Morgan fingerprint density at radius 1 is 1.54 bits per heavy atom. The summed E-state index contributed by atoms with van der Waals surface area (Å²) in [7, 11) is 0. The summed E-state index contributed by atoms with van der Waals surface area (Å²) in [5, 5.41) is 10.0. The lowest BCUT2D eigenvalue weighted by atomic mass is 10.0. The van der Waals surface area contributed by atoms with E-state index in [0.29, 0.717) is 0 Å². The number of benzene rings is 1. The minimum atomic E-state index is 0.777. The number of rotatable bonds is 1. The molecular formula is C10H8N2S. The normalized spacial score (nSPS) is 10.2. The van der Waals surface area contributed by atoms with Crippen LogP contribution >= 0.6 is 11.5 Å². The smallest absolute Gasteiger partial charge is 0.0995 e. The third-order valence-corrected chi connectivity index (χ3v) is 2.98. The lowest BCUT2D eigenvalue weighted by Crippen LogP contribution is -1.86. The number of aromatic nitrogens is 1. The number of aryl methyl sites for hydroxylation is 1. The summed E-state index contributed by atoms with van der Waals surface area (Å²) in [4.78, 5) is 0. The van der Waals surface area contributed by atoms with E-state index < -0.39 is 0 Å². The molecule has 1 aromatic heterocycles. The van der Waals surface area contributed by atoms with E-state index in [1.165, 1.54) is 11.5 Å². The molecule has 0 spiro atoms. The molecule has 1 aromatic carbocycles. The van der Waals surface area contributed by atoms with Gasteiger partial charge in [-0.2, -0.15) is 9.64 Å². The zero-order valence-electron chi connectivity index (χ0n) is 7.24. The van der Waals surface area contributed by atoms with Crippen molar-refractivity contribution in [3.05, 3.63) is 29.5 Å². The number of nitriles is 1. The van der Waals surface area contributed by atoms with Gasteiger partial charge in [-0.3, -0.25) is 0 Å². The summed E-state index contributed by atoms with van der Waals surface area (Å²) in [5.41, 5.74) is 1.90. The van der Waals surface area contributed by atoms with Gasteiger partial charge in [0.05, 0.1) is 16.3 Å². The van der Waals surface area contributed by atoms with Gasteiger partial charge in [0.25, 0.3) is 0 Å². The van der Waals surface area contributed by atoms with Crippen molar-refractivity contribution < 1.29 is 0 Å². The third kappa shape index (κ3) is 1.20. The topological polar surface area (TPSA) is 36.7 Å². The van der Waals surface area contributed by atoms with Gasteiger partial charge in [-0.15, -0.1) is 0 Å². The molecule has 0 atom stereocenters. The molecule has 0 saturated carbocycles. The molecule has 0 aliphatic carbocycles. The monoisotopic (exact) mass is 188 g/mol. The van der Waals surface area contributed by atoms with Crippen LogP contribution < -0.4 is 0 Å². The van der Waals surface area contributed by atoms with Gasteiger partial charge in [0.2, 0.25) is 0 Å². The molecule has 0 unspecified atom stereocenters. The Morgan fingerprint density at radius 3 is 3.08 bits per heavy atom. The molecule has 0 aliphatic rings. The highest BCUT2D eigenvalue weighted by Crippen LogP contribution is 2.25. The zero-order chi connectivity index (χ0) is 9.26. The second-order valence-electron chi connectivity index (χ2n) is 2.80. The van der Waals surface area contributed by atoms with Gasteiger partial charge < -0.3 is 0 Å². The molecule has 3 heteroatoms. The van der Waals surface area contributed by atoms with E-state index in [1.54, 1.807) is 0 Å². The Morgan fingerprint density at radius 2 is 2.38 bits per heavy atom. The molecule has 0 bridgehead atoms. The quantitative estimate of drug-likeness (QED) is 0.690. The molecule has 1 heterocycles. The van der Waals surface area contributed by atoms with Crippen LogP contribution in [0.5, 0.6) is 0 Å². The van der Waals surface area contributed by atoms with Crippen LogP contribution in [0.4, 0.5) is 0 Å². The van der Waals surface area contributed by atoms with Gasteiger partial charge >= 0.3 is 0 Å². The lowest BCUT2D eigenvalue weighted by Gasteiger charge is -2.00. The first kappa shape index (κ1) is 8.21. The molecule has 13 heavy (non-hydrogen) atoms.